The molecule has 0 aliphatic carbocycles. The highest BCUT2D eigenvalue weighted by Gasteiger charge is 2.49. The molecule has 0 saturated carbocycles. The number of allylic oxidation sites excluding steroid dienone is 1. The van der Waals surface area contributed by atoms with E-state index in [2.05, 4.69) is 6.58 Å². The van der Waals surface area contributed by atoms with Crippen LogP contribution in [0.4, 0.5) is 4.39 Å². The zero-order valence-electron chi connectivity index (χ0n) is 20.2. The fourth-order valence-electron chi connectivity index (χ4n) is 3.01. The molecule has 0 bridgehead atoms. The number of aliphatic carboxylic acids is 2. The van der Waals surface area contributed by atoms with Gasteiger partial charge in [0.1, 0.15) is 6.17 Å². The van der Waals surface area contributed by atoms with Crippen molar-refractivity contribution in [3.63, 3.8) is 0 Å². The molecule has 1 aliphatic rings. The van der Waals surface area contributed by atoms with Gasteiger partial charge in [0.15, 0.2) is 0 Å². The lowest BCUT2D eigenvalue weighted by molar-refractivity contribution is -0.187. The van der Waals surface area contributed by atoms with Crippen LogP contribution in [-0.2, 0) is 25.5 Å². The van der Waals surface area contributed by atoms with Gasteiger partial charge in [-0.1, -0.05) is 32.1 Å². The Hall–Kier alpha value is -2.78. The number of carboxylic acid groups (broad SMARTS) is 2. The molecule has 0 aromatic heterocycles. The van der Waals surface area contributed by atoms with Crippen LogP contribution < -0.4 is 0 Å². The SMILES string of the molecule is C=CC.CC.CC1OC(COC(Cc2cccc(C(=O)N(C)C)c2)(C(=O)O)C(=O)O)CC1F. The van der Waals surface area contributed by atoms with Gasteiger partial charge in [-0.05, 0) is 31.5 Å². The summed E-state index contributed by atoms with van der Waals surface area (Å²) in [6.07, 6.45) is -1.36. The van der Waals surface area contributed by atoms with Crippen LogP contribution in [0.1, 0.15) is 50.0 Å². The fraction of sp³-hybridized carbons (Fsp3) is 0.542. The van der Waals surface area contributed by atoms with Crippen molar-refractivity contribution < 1.29 is 38.5 Å². The molecular formula is C24H36FNO7. The molecule has 8 nitrogen and oxygen atoms in total. The van der Waals surface area contributed by atoms with Crippen LogP contribution in [0.25, 0.3) is 0 Å². The molecule has 1 saturated heterocycles. The molecular weight excluding hydrogens is 433 g/mol. The number of alkyl halides is 1. The Morgan fingerprint density at radius 1 is 1.27 bits per heavy atom. The maximum atomic E-state index is 13.6. The summed E-state index contributed by atoms with van der Waals surface area (Å²) in [4.78, 5) is 37.1. The molecule has 1 aromatic carbocycles. The van der Waals surface area contributed by atoms with Crippen molar-refractivity contribution in [3.05, 3.63) is 48.0 Å². The predicted molar refractivity (Wildman–Crippen MR) is 123 cm³/mol. The highest BCUT2D eigenvalue weighted by molar-refractivity contribution is 6.02. The first kappa shape index (κ1) is 30.2. The molecule has 1 aromatic rings. The Morgan fingerprint density at radius 3 is 2.24 bits per heavy atom. The lowest BCUT2D eigenvalue weighted by Crippen LogP contribution is -2.52. The number of carbonyl (C=O) groups excluding carboxylic acids is 1. The summed E-state index contributed by atoms with van der Waals surface area (Å²) >= 11 is 0. The molecule has 3 atom stereocenters. The maximum Gasteiger partial charge on any atom is 0.348 e. The first-order valence-electron chi connectivity index (χ1n) is 10.8. The largest absolute Gasteiger partial charge is 0.479 e. The Balaban J connectivity index is 0.00000189. The van der Waals surface area contributed by atoms with Gasteiger partial charge in [0.05, 0.1) is 18.8 Å². The summed E-state index contributed by atoms with van der Waals surface area (Å²) in [6.45, 7) is 10.4. The zero-order valence-corrected chi connectivity index (χ0v) is 20.2. The third-order valence-corrected chi connectivity index (χ3v) is 4.64. The summed E-state index contributed by atoms with van der Waals surface area (Å²) in [6, 6.07) is 6.03. The molecule has 9 heteroatoms. The second kappa shape index (κ2) is 14.4. The molecule has 33 heavy (non-hydrogen) atoms. The van der Waals surface area contributed by atoms with Gasteiger partial charge in [0.2, 0.25) is 0 Å². The van der Waals surface area contributed by atoms with E-state index in [4.69, 9.17) is 9.47 Å². The maximum absolute atomic E-state index is 13.6. The van der Waals surface area contributed by atoms with E-state index >= 15 is 0 Å². The summed E-state index contributed by atoms with van der Waals surface area (Å²) in [5.41, 5.74) is -1.98. The summed E-state index contributed by atoms with van der Waals surface area (Å²) in [7, 11) is 3.13. The van der Waals surface area contributed by atoms with Gasteiger partial charge in [0, 0.05) is 32.5 Å². The molecule has 1 amide bonds. The number of hydrogen-bond acceptors (Lipinski definition) is 5. The van der Waals surface area contributed by atoms with Crippen molar-refractivity contribution in [3.8, 4) is 0 Å². The van der Waals surface area contributed by atoms with E-state index in [0.717, 1.165) is 0 Å². The lowest BCUT2D eigenvalue weighted by Gasteiger charge is -2.27. The quantitative estimate of drug-likeness (QED) is 0.442. The number of carboxylic acids is 2. The second-order valence-corrected chi connectivity index (χ2v) is 7.45. The van der Waals surface area contributed by atoms with Crippen LogP contribution in [-0.4, -0.2) is 77.6 Å². The highest BCUT2D eigenvalue weighted by Crippen LogP contribution is 2.26. The molecule has 0 radical (unpaired) electrons. The van der Waals surface area contributed by atoms with E-state index in [1.54, 1.807) is 33.2 Å². The Bertz CT molecular complexity index is 773. The Kier molecular flexibility index (Phi) is 13.2. The van der Waals surface area contributed by atoms with Gasteiger partial charge in [-0.2, -0.15) is 0 Å². The standard InChI is InChI=1S/C19H24FNO7.C3H6.C2H6/c1-11-15(20)8-14(28-11)10-27-19(17(23)24,18(25)26)9-12-5-4-6-13(7-12)16(22)21(2)3;1-3-2;1-2/h4-7,11,14-15H,8-10H2,1-3H3,(H,23,24)(H,25,26);3H,1H2,2H3;1-2H3. The van der Waals surface area contributed by atoms with Crippen LogP contribution in [0.2, 0.25) is 0 Å². The third kappa shape index (κ3) is 8.58. The number of ether oxygens (including phenoxy) is 2. The first-order valence-corrected chi connectivity index (χ1v) is 10.8. The number of carbonyl (C=O) groups is 3. The second-order valence-electron chi connectivity index (χ2n) is 7.45. The van der Waals surface area contributed by atoms with Crippen LogP contribution in [0.3, 0.4) is 0 Å². The van der Waals surface area contributed by atoms with E-state index in [1.165, 1.54) is 23.1 Å². The number of hydrogen-bond donors (Lipinski definition) is 2. The molecule has 1 fully saturated rings. The topological polar surface area (TPSA) is 113 Å². The van der Waals surface area contributed by atoms with Gasteiger partial charge >= 0.3 is 11.9 Å². The predicted octanol–water partition coefficient (Wildman–Crippen LogP) is 3.59. The Labute approximate surface area is 195 Å². The zero-order chi connectivity index (χ0) is 25.8. The molecule has 2 N–H and O–H groups in total. The summed E-state index contributed by atoms with van der Waals surface area (Å²) in [5, 5.41) is 19.2. The van der Waals surface area contributed by atoms with E-state index in [9.17, 15) is 29.0 Å². The third-order valence-electron chi connectivity index (χ3n) is 4.64. The highest BCUT2D eigenvalue weighted by atomic mass is 19.1. The van der Waals surface area contributed by atoms with E-state index in [-0.39, 0.29) is 18.9 Å². The number of benzene rings is 1. The molecule has 2 rings (SSSR count). The number of nitrogens with zero attached hydrogens (tertiary/aromatic N) is 1. The molecule has 186 valence electrons. The monoisotopic (exact) mass is 469 g/mol. The molecule has 3 unspecified atom stereocenters. The minimum absolute atomic E-state index is 0.00328. The van der Waals surface area contributed by atoms with Crippen LogP contribution in [0.5, 0.6) is 0 Å². The molecule has 1 heterocycles. The van der Waals surface area contributed by atoms with Crippen LogP contribution in [0, 0.1) is 0 Å². The minimum Gasteiger partial charge on any atom is -0.479 e. The Morgan fingerprint density at radius 2 is 1.82 bits per heavy atom. The van der Waals surface area contributed by atoms with Crippen molar-refractivity contribution >= 4 is 17.8 Å². The first-order chi connectivity index (χ1) is 15.5. The van der Waals surface area contributed by atoms with Crippen molar-refractivity contribution in [2.75, 3.05) is 20.7 Å². The average Bonchev–Trinajstić information content (AvgIpc) is 3.09. The van der Waals surface area contributed by atoms with Gasteiger partial charge in [-0.25, -0.2) is 14.0 Å². The fourth-order valence-corrected chi connectivity index (χ4v) is 3.01. The smallest absolute Gasteiger partial charge is 0.348 e. The normalized spacial score (nSPS) is 19.3. The van der Waals surface area contributed by atoms with Gasteiger partial charge in [0.25, 0.3) is 11.5 Å². The van der Waals surface area contributed by atoms with Crippen molar-refractivity contribution in [2.45, 2.75) is 64.5 Å². The minimum atomic E-state index is -2.58. The number of amides is 1. The lowest BCUT2D eigenvalue weighted by atomic mass is 9.93. The van der Waals surface area contributed by atoms with Crippen LogP contribution in [0.15, 0.2) is 36.9 Å². The van der Waals surface area contributed by atoms with Crippen molar-refractivity contribution in [1.82, 2.24) is 4.90 Å². The summed E-state index contributed by atoms with van der Waals surface area (Å²) < 4.78 is 24.2. The molecule has 1 aliphatic heterocycles. The number of rotatable bonds is 8. The number of halogens is 1. The van der Waals surface area contributed by atoms with E-state index in [0.29, 0.717) is 11.1 Å². The van der Waals surface area contributed by atoms with Crippen molar-refractivity contribution in [2.24, 2.45) is 0 Å². The van der Waals surface area contributed by atoms with Crippen LogP contribution >= 0.6 is 0 Å². The van der Waals surface area contributed by atoms with Crippen molar-refractivity contribution in [1.29, 1.82) is 0 Å². The summed E-state index contributed by atoms with van der Waals surface area (Å²) in [5.74, 6) is -3.68. The van der Waals surface area contributed by atoms with Gasteiger partial charge < -0.3 is 24.6 Å². The molecule has 0 spiro atoms. The average molecular weight is 470 g/mol. The van der Waals surface area contributed by atoms with E-state index in [1.807, 2.05) is 20.8 Å². The van der Waals surface area contributed by atoms with E-state index < -0.39 is 42.3 Å². The van der Waals surface area contributed by atoms with Gasteiger partial charge in [-0.15, -0.1) is 6.58 Å². The van der Waals surface area contributed by atoms with Gasteiger partial charge in [-0.3, -0.25) is 4.79 Å².